The Hall–Kier alpha value is -3.06. The van der Waals surface area contributed by atoms with E-state index in [1.165, 1.54) is 0 Å². The molecule has 0 radical (unpaired) electrons. The Labute approximate surface area is 205 Å². The second-order valence-electron chi connectivity index (χ2n) is 9.66. The number of hydrogen-bond acceptors (Lipinski definition) is 4. The van der Waals surface area contributed by atoms with Crippen molar-refractivity contribution in [3.8, 4) is 0 Å². The molecule has 0 aliphatic carbocycles. The molecule has 0 unspecified atom stereocenters. The predicted octanol–water partition coefficient (Wildman–Crippen LogP) is 4.91. The Kier molecular flexibility index (Phi) is 7.56. The highest BCUT2D eigenvalue weighted by molar-refractivity contribution is 6.31. The Morgan fingerprint density at radius 3 is 2.47 bits per heavy atom. The molecule has 0 saturated heterocycles. The summed E-state index contributed by atoms with van der Waals surface area (Å²) in [7, 11) is 0. The quantitative estimate of drug-likeness (QED) is 0.643. The maximum absolute atomic E-state index is 13.0. The number of benzene rings is 1. The number of aryl methyl sites for hydroxylation is 2. The molecule has 8 heteroatoms. The predicted molar refractivity (Wildman–Crippen MR) is 134 cm³/mol. The van der Waals surface area contributed by atoms with Crippen LogP contribution in [0.15, 0.2) is 29.1 Å². The van der Waals surface area contributed by atoms with Gasteiger partial charge in [0.05, 0.1) is 0 Å². The minimum atomic E-state index is -0.547. The molecule has 2 aromatic rings. The van der Waals surface area contributed by atoms with Gasteiger partial charge < -0.3 is 19.9 Å². The van der Waals surface area contributed by atoms with Crippen LogP contribution in [0.2, 0.25) is 5.02 Å². The maximum atomic E-state index is 13.0. The van der Waals surface area contributed by atoms with Crippen molar-refractivity contribution in [2.24, 2.45) is 0 Å². The molecule has 0 saturated carbocycles. The fourth-order valence-electron chi connectivity index (χ4n) is 4.02. The molecule has 182 valence electrons. The van der Waals surface area contributed by atoms with E-state index < -0.39 is 5.60 Å². The van der Waals surface area contributed by atoms with Gasteiger partial charge in [0.15, 0.2) is 0 Å². The molecule has 2 amide bonds. The highest BCUT2D eigenvalue weighted by Crippen LogP contribution is 2.30. The summed E-state index contributed by atoms with van der Waals surface area (Å²) in [5.41, 5.74) is 4.54. The number of aromatic nitrogens is 1. The number of rotatable bonds is 4. The standard InChI is InChI=1S/C26H32ClN3O4/c1-15-11-16(2)29-24(32)22(15)14-28-23(31)21-13-19(27)12-20(17(21)3)18-7-9-30(10-8-18)25(33)34-26(4,5)6/h7,11-13H,8-10,14H2,1-6H3,(H,28,31)(H,29,32). The summed E-state index contributed by atoms with van der Waals surface area (Å²) >= 11 is 6.38. The third-order valence-electron chi connectivity index (χ3n) is 5.74. The number of aromatic amines is 1. The van der Waals surface area contributed by atoms with Gasteiger partial charge in [-0.05, 0) is 88.4 Å². The molecule has 7 nitrogen and oxygen atoms in total. The van der Waals surface area contributed by atoms with E-state index in [-0.39, 0.29) is 24.1 Å². The minimum Gasteiger partial charge on any atom is -0.444 e. The van der Waals surface area contributed by atoms with Gasteiger partial charge in [0.25, 0.3) is 11.5 Å². The highest BCUT2D eigenvalue weighted by Gasteiger charge is 2.25. The lowest BCUT2D eigenvalue weighted by molar-refractivity contribution is 0.0270. The van der Waals surface area contributed by atoms with Crippen molar-refractivity contribution in [2.75, 3.05) is 13.1 Å². The first-order chi connectivity index (χ1) is 15.9. The van der Waals surface area contributed by atoms with Crippen molar-refractivity contribution in [1.82, 2.24) is 15.2 Å². The van der Waals surface area contributed by atoms with E-state index in [9.17, 15) is 14.4 Å². The molecule has 0 atom stereocenters. The van der Waals surface area contributed by atoms with Crippen LogP contribution in [-0.4, -0.2) is 40.6 Å². The Balaban J connectivity index is 1.78. The normalized spacial score (nSPS) is 14.0. The minimum absolute atomic E-state index is 0.120. The lowest BCUT2D eigenvalue weighted by Gasteiger charge is -2.30. The molecular formula is C26H32ClN3O4. The molecule has 3 rings (SSSR count). The first-order valence-electron chi connectivity index (χ1n) is 11.3. The zero-order valence-electron chi connectivity index (χ0n) is 20.6. The van der Waals surface area contributed by atoms with Gasteiger partial charge >= 0.3 is 6.09 Å². The smallest absolute Gasteiger partial charge is 0.410 e. The van der Waals surface area contributed by atoms with Gasteiger partial charge in [-0.25, -0.2) is 4.79 Å². The van der Waals surface area contributed by atoms with Crippen LogP contribution in [0, 0.1) is 20.8 Å². The highest BCUT2D eigenvalue weighted by atomic mass is 35.5. The number of nitrogens with zero attached hydrogens (tertiary/aromatic N) is 1. The first-order valence-corrected chi connectivity index (χ1v) is 11.7. The van der Waals surface area contributed by atoms with E-state index >= 15 is 0 Å². The van der Waals surface area contributed by atoms with Crippen LogP contribution in [0.1, 0.15) is 65.5 Å². The summed E-state index contributed by atoms with van der Waals surface area (Å²) in [4.78, 5) is 42.1. The number of nitrogens with one attached hydrogen (secondary N) is 2. The first kappa shape index (κ1) is 25.6. The van der Waals surface area contributed by atoms with E-state index in [0.29, 0.717) is 35.7 Å². The molecule has 0 spiro atoms. The van der Waals surface area contributed by atoms with Crippen LogP contribution in [0.3, 0.4) is 0 Å². The summed E-state index contributed by atoms with van der Waals surface area (Å²) in [5.74, 6) is -0.299. The number of ether oxygens (including phenoxy) is 1. The number of carbonyl (C=O) groups is 2. The molecule has 2 N–H and O–H groups in total. The fraction of sp³-hybridized carbons (Fsp3) is 0.423. The second-order valence-corrected chi connectivity index (χ2v) is 10.1. The number of hydrogen-bond donors (Lipinski definition) is 2. The summed E-state index contributed by atoms with van der Waals surface area (Å²) in [6, 6.07) is 5.36. The molecular weight excluding hydrogens is 454 g/mol. The van der Waals surface area contributed by atoms with Crippen molar-refractivity contribution in [1.29, 1.82) is 0 Å². The number of carbonyl (C=O) groups excluding carboxylic acids is 2. The average molecular weight is 486 g/mol. The number of amides is 2. The lowest BCUT2D eigenvalue weighted by Crippen LogP contribution is -2.39. The van der Waals surface area contributed by atoms with E-state index in [2.05, 4.69) is 10.3 Å². The fourth-order valence-corrected chi connectivity index (χ4v) is 4.24. The third kappa shape index (κ3) is 6.08. The summed E-state index contributed by atoms with van der Waals surface area (Å²) in [6.07, 6.45) is 2.26. The van der Waals surface area contributed by atoms with Crippen LogP contribution in [0.5, 0.6) is 0 Å². The van der Waals surface area contributed by atoms with Crippen LogP contribution < -0.4 is 10.9 Å². The van der Waals surface area contributed by atoms with E-state index in [4.69, 9.17) is 16.3 Å². The van der Waals surface area contributed by atoms with Gasteiger partial charge in [-0.3, -0.25) is 9.59 Å². The number of halogens is 1. The Morgan fingerprint density at radius 1 is 1.18 bits per heavy atom. The van der Waals surface area contributed by atoms with Gasteiger partial charge in [-0.1, -0.05) is 17.7 Å². The maximum Gasteiger partial charge on any atom is 0.410 e. The zero-order valence-corrected chi connectivity index (χ0v) is 21.4. The molecule has 34 heavy (non-hydrogen) atoms. The van der Waals surface area contributed by atoms with Gasteiger partial charge in [0.1, 0.15) is 5.60 Å². The van der Waals surface area contributed by atoms with E-state index in [0.717, 1.165) is 28.0 Å². The molecule has 1 aromatic carbocycles. The largest absolute Gasteiger partial charge is 0.444 e. The SMILES string of the molecule is Cc1cc(C)c(CNC(=O)c2cc(Cl)cc(C3=CCN(C(=O)OC(C)(C)C)CC3)c2C)c(=O)[nH]1. The monoisotopic (exact) mass is 485 g/mol. The molecule has 0 bridgehead atoms. The second kappa shape index (κ2) is 10.1. The topological polar surface area (TPSA) is 91.5 Å². The van der Waals surface area contributed by atoms with Crippen LogP contribution in [0.25, 0.3) is 5.57 Å². The van der Waals surface area contributed by atoms with Crippen LogP contribution in [0.4, 0.5) is 4.79 Å². The molecule has 2 heterocycles. The van der Waals surface area contributed by atoms with Gasteiger partial charge in [0, 0.05) is 41.5 Å². The number of H-pyrrole nitrogens is 1. The average Bonchev–Trinajstić information content (AvgIpc) is 2.73. The Bertz CT molecular complexity index is 1210. The zero-order chi connectivity index (χ0) is 25.2. The summed E-state index contributed by atoms with van der Waals surface area (Å²) in [5, 5.41) is 3.30. The Morgan fingerprint density at radius 2 is 1.88 bits per heavy atom. The van der Waals surface area contributed by atoms with Crippen molar-refractivity contribution < 1.29 is 14.3 Å². The van der Waals surface area contributed by atoms with Crippen molar-refractivity contribution >= 4 is 29.2 Å². The molecule has 1 aliphatic rings. The van der Waals surface area contributed by atoms with Gasteiger partial charge in [0.2, 0.25) is 0 Å². The van der Waals surface area contributed by atoms with Crippen LogP contribution >= 0.6 is 11.6 Å². The molecule has 1 aromatic heterocycles. The van der Waals surface area contributed by atoms with E-state index in [1.54, 1.807) is 11.0 Å². The molecule has 1 aliphatic heterocycles. The van der Waals surface area contributed by atoms with Crippen LogP contribution in [-0.2, 0) is 11.3 Å². The van der Waals surface area contributed by atoms with Gasteiger partial charge in [-0.15, -0.1) is 0 Å². The lowest BCUT2D eigenvalue weighted by atomic mass is 9.92. The van der Waals surface area contributed by atoms with Crippen molar-refractivity contribution in [3.05, 3.63) is 73.2 Å². The summed E-state index contributed by atoms with van der Waals surface area (Å²) in [6.45, 7) is 12.1. The summed E-state index contributed by atoms with van der Waals surface area (Å²) < 4.78 is 5.46. The van der Waals surface area contributed by atoms with Crippen molar-refractivity contribution in [3.63, 3.8) is 0 Å². The number of pyridine rings is 1. The van der Waals surface area contributed by atoms with E-state index in [1.807, 2.05) is 59.8 Å². The van der Waals surface area contributed by atoms with Crippen molar-refractivity contribution in [2.45, 2.75) is 60.1 Å². The van der Waals surface area contributed by atoms with Gasteiger partial charge in [-0.2, -0.15) is 0 Å². The third-order valence-corrected chi connectivity index (χ3v) is 5.96. The molecule has 0 fully saturated rings.